The maximum atomic E-state index is 11.5. The molecule has 4 aliphatic rings. The minimum Gasteiger partial charge on any atom is -0.465 e. The summed E-state index contributed by atoms with van der Waals surface area (Å²) in [5, 5.41) is 17.2. The van der Waals surface area contributed by atoms with Crippen LogP contribution in [0.1, 0.15) is 75.6 Å². The van der Waals surface area contributed by atoms with Gasteiger partial charge in [0.15, 0.2) is 29.0 Å². The number of amides is 1. The molecule has 1 unspecified atom stereocenters. The van der Waals surface area contributed by atoms with E-state index in [9.17, 15) is 9.90 Å². The van der Waals surface area contributed by atoms with Crippen LogP contribution < -0.4 is 15.1 Å². The van der Waals surface area contributed by atoms with Crippen molar-refractivity contribution in [1.29, 1.82) is 0 Å². The molecular weight excluding hydrogens is 586 g/mol. The average molecular weight is 625 g/mol. The van der Waals surface area contributed by atoms with Crippen molar-refractivity contribution < 1.29 is 14.6 Å². The number of ether oxygens (including phenoxy) is 1. The molecule has 1 spiro atoms. The van der Waals surface area contributed by atoms with E-state index in [-0.39, 0.29) is 11.6 Å². The van der Waals surface area contributed by atoms with Crippen LogP contribution in [-0.2, 0) is 11.2 Å². The van der Waals surface area contributed by atoms with Gasteiger partial charge in [-0.25, -0.2) is 19.4 Å². The highest BCUT2D eigenvalue weighted by Crippen LogP contribution is 2.56. The Morgan fingerprint density at radius 2 is 1.83 bits per heavy atom. The molecule has 218 valence electrons. The van der Waals surface area contributed by atoms with Gasteiger partial charge in [0, 0.05) is 38.1 Å². The van der Waals surface area contributed by atoms with Crippen LogP contribution in [0, 0.1) is 5.41 Å². The normalized spacial score (nSPS) is 23.7. The molecule has 41 heavy (non-hydrogen) atoms. The molecule has 7 rings (SSSR count). The number of fused-ring (bicyclic) bond motifs is 2. The van der Waals surface area contributed by atoms with Crippen molar-refractivity contribution in [1.82, 2.24) is 25.1 Å². The second-order valence-corrected chi connectivity index (χ2v) is 13.6. The summed E-state index contributed by atoms with van der Waals surface area (Å²) in [4.78, 5) is 26.5. The largest absolute Gasteiger partial charge is 0.465 e. The first-order chi connectivity index (χ1) is 19.7. The van der Waals surface area contributed by atoms with Gasteiger partial charge >= 0.3 is 6.09 Å². The lowest BCUT2D eigenvalue weighted by Gasteiger charge is -2.45. The lowest BCUT2D eigenvalue weighted by atomic mass is 9.66. The Bertz CT molecular complexity index is 1470. The highest BCUT2D eigenvalue weighted by atomic mass is 79.9. The van der Waals surface area contributed by atoms with Gasteiger partial charge in [-0.2, -0.15) is 0 Å². The van der Waals surface area contributed by atoms with Gasteiger partial charge in [0.05, 0.1) is 6.61 Å². The number of carbonyl (C=O) groups is 1. The highest BCUT2D eigenvalue weighted by Gasteiger charge is 2.49. The molecule has 10 nitrogen and oxygen atoms in total. The van der Waals surface area contributed by atoms with Gasteiger partial charge in [0.25, 0.3) is 0 Å². The number of rotatable bonds is 6. The number of nitrogens with one attached hydrogen (secondary N) is 1. The zero-order valence-electron chi connectivity index (χ0n) is 23.8. The summed E-state index contributed by atoms with van der Waals surface area (Å²) in [6.45, 7) is 8.46. The predicted molar refractivity (Wildman–Crippen MR) is 161 cm³/mol. The summed E-state index contributed by atoms with van der Waals surface area (Å²) in [5.41, 5.74) is 3.98. The molecule has 3 aliphatic heterocycles. The smallest absolute Gasteiger partial charge is 0.405 e. The SMILES string of the molecule is CC(C)(C[C@@H]1c2ccccc2CC12CCN(c1nc3c(nc1Br)c(N1CCCC1)nn3C1CCO1)CC2)NC(=O)O. The second kappa shape index (κ2) is 10.1. The maximum Gasteiger partial charge on any atom is 0.405 e. The summed E-state index contributed by atoms with van der Waals surface area (Å²) in [5.74, 6) is 2.06. The number of hydrogen-bond acceptors (Lipinski definition) is 7. The van der Waals surface area contributed by atoms with Crippen LogP contribution in [0.15, 0.2) is 28.9 Å². The summed E-state index contributed by atoms with van der Waals surface area (Å²) in [7, 11) is 0. The number of hydrogen-bond donors (Lipinski definition) is 2. The molecule has 0 radical (unpaired) electrons. The van der Waals surface area contributed by atoms with Crippen molar-refractivity contribution in [3.05, 3.63) is 40.0 Å². The fourth-order valence-electron chi connectivity index (χ4n) is 7.60. The van der Waals surface area contributed by atoms with E-state index in [0.29, 0.717) is 5.92 Å². The third-order valence-corrected chi connectivity index (χ3v) is 10.3. The molecule has 3 aromatic rings. The first kappa shape index (κ1) is 26.9. The molecule has 1 aliphatic carbocycles. The van der Waals surface area contributed by atoms with E-state index in [1.165, 1.54) is 24.0 Å². The number of benzene rings is 1. The minimum atomic E-state index is -0.969. The number of carboxylic acid groups (broad SMARTS) is 1. The van der Waals surface area contributed by atoms with Gasteiger partial charge < -0.3 is 25.0 Å². The van der Waals surface area contributed by atoms with Gasteiger partial charge in [-0.1, -0.05) is 24.3 Å². The van der Waals surface area contributed by atoms with E-state index < -0.39 is 11.6 Å². The molecule has 2 N–H and O–H groups in total. The van der Waals surface area contributed by atoms with Gasteiger partial charge in [-0.05, 0) is 90.8 Å². The van der Waals surface area contributed by atoms with E-state index in [1.807, 2.05) is 18.5 Å². The monoisotopic (exact) mass is 623 g/mol. The summed E-state index contributed by atoms with van der Waals surface area (Å²) in [6, 6.07) is 8.73. The molecule has 0 saturated carbocycles. The Morgan fingerprint density at radius 3 is 2.51 bits per heavy atom. The molecule has 3 saturated heterocycles. The number of nitrogens with zero attached hydrogens (tertiary/aromatic N) is 6. The van der Waals surface area contributed by atoms with Gasteiger partial charge in [0.1, 0.15) is 4.60 Å². The van der Waals surface area contributed by atoms with Crippen molar-refractivity contribution in [3.8, 4) is 0 Å². The topological polar surface area (TPSA) is 109 Å². The Hall–Kier alpha value is -2.92. The van der Waals surface area contributed by atoms with E-state index in [2.05, 4.69) is 55.3 Å². The third kappa shape index (κ3) is 4.74. The number of halogens is 1. The second-order valence-electron chi connectivity index (χ2n) is 12.9. The fourth-order valence-corrected chi connectivity index (χ4v) is 8.11. The van der Waals surface area contributed by atoms with Gasteiger partial charge in [-0.15, -0.1) is 5.10 Å². The number of anilines is 2. The quantitative estimate of drug-likeness (QED) is 0.372. The zero-order chi connectivity index (χ0) is 28.4. The van der Waals surface area contributed by atoms with E-state index in [4.69, 9.17) is 19.8 Å². The van der Waals surface area contributed by atoms with Crippen LogP contribution in [0.2, 0.25) is 0 Å². The highest BCUT2D eigenvalue weighted by molar-refractivity contribution is 9.10. The first-order valence-corrected chi connectivity index (χ1v) is 15.7. The molecule has 11 heteroatoms. The zero-order valence-corrected chi connectivity index (χ0v) is 25.4. The van der Waals surface area contributed by atoms with Gasteiger partial charge in [0.2, 0.25) is 0 Å². The van der Waals surface area contributed by atoms with Crippen molar-refractivity contribution in [2.45, 2.75) is 76.5 Å². The standard InChI is InChI=1S/C30H38BrN7O3/c1-29(2,34-28(39)40)18-21-20-8-4-3-7-19(20)17-30(21)10-14-37(15-11-30)27-24(31)32-23-25(33-27)38(22-9-16-41-22)35-26(23)36-12-5-6-13-36/h3-4,7-8,21-22,34H,5-6,9-18H2,1-2H3,(H,39,40)/t21-,22?/m1/s1. The van der Waals surface area contributed by atoms with Crippen LogP contribution in [-0.4, -0.2) is 69.3 Å². The summed E-state index contributed by atoms with van der Waals surface area (Å²) >= 11 is 3.78. The van der Waals surface area contributed by atoms with Crippen LogP contribution in [0.4, 0.5) is 16.4 Å². The van der Waals surface area contributed by atoms with E-state index in [1.54, 1.807) is 0 Å². The molecule has 2 aromatic heterocycles. The number of piperidine rings is 1. The molecular formula is C30H38BrN7O3. The lowest BCUT2D eigenvalue weighted by molar-refractivity contribution is -0.104. The third-order valence-electron chi connectivity index (χ3n) is 9.73. The van der Waals surface area contributed by atoms with Crippen LogP contribution in [0.5, 0.6) is 0 Å². The minimum absolute atomic E-state index is 0.0812. The maximum absolute atomic E-state index is 11.5. The molecule has 2 atom stereocenters. The molecule has 5 heterocycles. The first-order valence-electron chi connectivity index (χ1n) is 14.9. The Kier molecular flexibility index (Phi) is 6.65. The van der Waals surface area contributed by atoms with Crippen LogP contribution >= 0.6 is 15.9 Å². The Balaban J connectivity index is 1.18. The van der Waals surface area contributed by atoms with Crippen LogP contribution in [0.3, 0.4) is 0 Å². The lowest BCUT2D eigenvalue weighted by Crippen LogP contribution is -2.48. The fraction of sp³-hybridized carbons (Fsp3) is 0.600. The van der Waals surface area contributed by atoms with Crippen molar-refractivity contribution in [3.63, 3.8) is 0 Å². The number of aromatic nitrogens is 4. The van der Waals surface area contributed by atoms with Crippen molar-refractivity contribution in [2.75, 3.05) is 42.6 Å². The molecule has 0 bridgehead atoms. The van der Waals surface area contributed by atoms with Crippen molar-refractivity contribution in [2.24, 2.45) is 5.41 Å². The molecule has 3 fully saturated rings. The Labute approximate surface area is 248 Å². The summed E-state index contributed by atoms with van der Waals surface area (Å²) in [6.07, 6.45) is 6.04. The van der Waals surface area contributed by atoms with Crippen molar-refractivity contribution >= 4 is 44.8 Å². The predicted octanol–water partition coefficient (Wildman–Crippen LogP) is 5.47. The molecule has 1 amide bonds. The Morgan fingerprint density at radius 1 is 1.12 bits per heavy atom. The van der Waals surface area contributed by atoms with Crippen LogP contribution in [0.25, 0.3) is 11.2 Å². The van der Waals surface area contributed by atoms with E-state index >= 15 is 0 Å². The van der Waals surface area contributed by atoms with E-state index in [0.717, 1.165) is 92.3 Å². The average Bonchev–Trinajstić information content (AvgIpc) is 3.61. The molecule has 1 aromatic carbocycles. The summed E-state index contributed by atoms with van der Waals surface area (Å²) < 4.78 is 8.54. The van der Waals surface area contributed by atoms with Gasteiger partial charge in [-0.3, -0.25) is 0 Å².